The Balaban J connectivity index is 2.10. The summed E-state index contributed by atoms with van der Waals surface area (Å²) in [6.45, 7) is 0.302. The molecule has 0 aromatic heterocycles. The van der Waals surface area contributed by atoms with Crippen molar-refractivity contribution in [2.45, 2.75) is 24.9 Å². The average molecular weight is 262 g/mol. The van der Waals surface area contributed by atoms with E-state index in [1.165, 1.54) is 12.0 Å². The zero-order chi connectivity index (χ0) is 13.9. The fourth-order valence-corrected chi connectivity index (χ4v) is 1.89. The molecule has 5 heteroatoms. The molecule has 0 atom stereocenters. The number of hydrogen-bond acceptors (Lipinski definition) is 4. The number of nitrogens with zero attached hydrogens (tertiary/aromatic N) is 1. The number of rotatable bonds is 5. The Hall–Kier alpha value is -1.88. The summed E-state index contributed by atoms with van der Waals surface area (Å²) in [6, 6.07) is 9.51. The van der Waals surface area contributed by atoms with Crippen molar-refractivity contribution in [2.24, 2.45) is 5.73 Å². The third-order valence-corrected chi connectivity index (χ3v) is 3.27. The summed E-state index contributed by atoms with van der Waals surface area (Å²) in [6.07, 6.45) is 1.36. The summed E-state index contributed by atoms with van der Waals surface area (Å²) in [5.41, 5.74) is 6.11. The second kappa shape index (κ2) is 5.40. The molecule has 0 aliphatic heterocycles. The van der Waals surface area contributed by atoms with E-state index in [0.29, 0.717) is 19.4 Å². The molecule has 5 nitrogen and oxygen atoms in total. The molecule has 0 spiro atoms. The van der Waals surface area contributed by atoms with Gasteiger partial charge in [0.25, 0.3) is 0 Å². The van der Waals surface area contributed by atoms with Crippen LogP contribution in [0.1, 0.15) is 18.4 Å². The second-order valence-corrected chi connectivity index (χ2v) is 4.88. The van der Waals surface area contributed by atoms with Crippen LogP contribution in [-0.2, 0) is 20.9 Å². The van der Waals surface area contributed by atoms with E-state index in [4.69, 9.17) is 5.73 Å². The lowest BCUT2D eigenvalue weighted by molar-refractivity contribution is -0.148. The van der Waals surface area contributed by atoms with Gasteiger partial charge in [0.1, 0.15) is 6.54 Å². The second-order valence-electron chi connectivity index (χ2n) is 4.88. The Labute approximate surface area is 112 Å². The summed E-state index contributed by atoms with van der Waals surface area (Å²) in [5, 5.41) is 0. The molecule has 1 aromatic rings. The van der Waals surface area contributed by atoms with Crippen LogP contribution in [0, 0.1) is 0 Å². The molecule has 1 aromatic carbocycles. The Bertz CT molecular complexity index is 469. The average Bonchev–Trinajstić information content (AvgIpc) is 3.17. The van der Waals surface area contributed by atoms with Crippen molar-refractivity contribution in [1.29, 1.82) is 0 Å². The minimum atomic E-state index is -0.775. The number of nitrogens with two attached hydrogens (primary N) is 1. The maximum atomic E-state index is 12.3. The largest absolute Gasteiger partial charge is 0.468 e. The highest BCUT2D eigenvalue weighted by molar-refractivity contribution is 5.91. The molecule has 102 valence electrons. The Morgan fingerprint density at radius 2 is 1.95 bits per heavy atom. The van der Waals surface area contributed by atoms with E-state index in [0.717, 1.165) is 5.56 Å². The molecular weight excluding hydrogens is 244 g/mol. The molecule has 1 amide bonds. The number of amides is 1. The lowest BCUT2D eigenvalue weighted by Gasteiger charge is -2.24. The number of esters is 1. The molecular formula is C14H18N2O3. The number of ether oxygens (including phenoxy) is 1. The van der Waals surface area contributed by atoms with Crippen LogP contribution in [0.25, 0.3) is 0 Å². The van der Waals surface area contributed by atoms with E-state index in [9.17, 15) is 9.59 Å². The van der Waals surface area contributed by atoms with Crippen molar-refractivity contribution in [2.75, 3.05) is 13.7 Å². The smallest absolute Gasteiger partial charge is 0.325 e. The maximum absolute atomic E-state index is 12.3. The summed E-state index contributed by atoms with van der Waals surface area (Å²) in [4.78, 5) is 25.1. The molecule has 1 fully saturated rings. The van der Waals surface area contributed by atoms with Gasteiger partial charge in [0.05, 0.1) is 12.6 Å². The fourth-order valence-electron chi connectivity index (χ4n) is 1.89. The van der Waals surface area contributed by atoms with E-state index >= 15 is 0 Å². The quantitative estimate of drug-likeness (QED) is 0.792. The SMILES string of the molecule is COC(=O)CN(Cc1ccccc1)C(=O)C1(N)CC1. The van der Waals surface area contributed by atoms with Crippen LogP contribution in [0.15, 0.2) is 30.3 Å². The standard InChI is InChI=1S/C14H18N2O3/c1-19-12(17)10-16(13(18)14(15)7-8-14)9-11-5-3-2-4-6-11/h2-6H,7-10,15H2,1H3. The van der Waals surface area contributed by atoms with Crippen LogP contribution >= 0.6 is 0 Å². The fraction of sp³-hybridized carbons (Fsp3) is 0.429. The number of carbonyl (C=O) groups is 2. The van der Waals surface area contributed by atoms with Crippen molar-refractivity contribution < 1.29 is 14.3 Å². The summed E-state index contributed by atoms with van der Waals surface area (Å²) in [5.74, 6) is -0.615. The molecule has 1 aliphatic carbocycles. The van der Waals surface area contributed by atoms with Crippen molar-refractivity contribution in [3.63, 3.8) is 0 Å². The van der Waals surface area contributed by atoms with Crippen LogP contribution in [0.5, 0.6) is 0 Å². The topological polar surface area (TPSA) is 72.6 Å². The molecule has 19 heavy (non-hydrogen) atoms. The Morgan fingerprint density at radius 1 is 1.32 bits per heavy atom. The molecule has 0 radical (unpaired) electrons. The molecule has 0 saturated heterocycles. The van der Waals surface area contributed by atoms with Crippen molar-refractivity contribution in [3.8, 4) is 0 Å². The van der Waals surface area contributed by atoms with E-state index in [1.807, 2.05) is 30.3 Å². The van der Waals surface area contributed by atoms with Gasteiger partial charge >= 0.3 is 5.97 Å². The lowest BCUT2D eigenvalue weighted by Crippen LogP contribution is -2.47. The molecule has 1 saturated carbocycles. The summed E-state index contributed by atoms with van der Waals surface area (Å²) in [7, 11) is 1.31. The van der Waals surface area contributed by atoms with Gasteiger partial charge in [-0.05, 0) is 18.4 Å². The number of benzene rings is 1. The van der Waals surface area contributed by atoms with Gasteiger partial charge < -0.3 is 15.4 Å². The van der Waals surface area contributed by atoms with Gasteiger partial charge in [0.15, 0.2) is 0 Å². The Kier molecular flexibility index (Phi) is 3.85. The summed E-state index contributed by atoms with van der Waals surface area (Å²) < 4.78 is 4.63. The van der Waals surface area contributed by atoms with Crippen molar-refractivity contribution in [3.05, 3.63) is 35.9 Å². The van der Waals surface area contributed by atoms with Crippen LogP contribution < -0.4 is 5.73 Å². The van der Waals surface area contributed by atoms with Crippen LogP contribution in [-0.4, -0.2) is 36.0 Å². The molecule has 0 bridgehead atoms. The lowest BCUT2D eigenvalue weighted by atomic mass is 10.2. The molecule has 1 aliphatic rings. The van der Waals surface area contributed by atoms with Crippen molar-refractivity contribution in [1.82, 2.24) is 4.90 Å². The highest BCUT2D eigenvalue weighted by atomic mass is 16.5. The minimum Gasteiger partial charge on any atom is -0.468 e. The maximum Gasteiger partial charge on any atom is 0.325 e. The van der Waals surface area contributed by atoms with E-state index in [2.05, 4.69) is 4.74 Å². The number of methoxy groups -OCH3 is 1. The normalized spacial score (nSPS) is 15.7. The van der Waals surface area contributed by atoms with E-state index in [1.54, 1.807) is 0 Å². The van der Waals surface area contributed by atoms with Crippen molar-refractivity contribution >= 4 is 11.9 Å². The van der Waals surface area contributed by atoms with Gasteiger partial charge in [-0.1, -0.05) is 30.3 Å². The predicted molar refractivity (Wildman–Crippen MR) is 70.0 cm³/mol. The van der Waals surface area contributed by atoms with Gasteiger partial charge in [0.2, 0.25) is 5.91 Å². The van der Waals surface area contributed by atoms with Gasteiger partial charge in [-0.15, -0.1) is 0 Å². The summed E-state index contributed by atoms with van der Waals surface area (Å²) >= 11 is 0. The monoisotopic (exact) mass is 262 g/mol. The van der Waals surface area contributed by atoms with Gasteiger partial charge in [-0.25, -0.2) is 0 Å². The minimum absolute atomic E-state index is 0.0663. The number of hydrogen-bond donors (Lipinski definition) is 1. The molecule has 2 N–H and O–H groups in total. The first kappa shape index (κ1) is 13.5. The first-order chi connectivity index (χ1) is 9.05. The third-order valence-electron chi connectivity index (χ3n) is 3.27. The number of carbonyl (C=O) groups excluding carboxylic acids is 2. The van der Waals surface area contributed by atoms with Crippen LogP contribution in [0.4, 0.5) is 0 Å². The van der Waals surface area contributed by atoms with Crippen LogP contribution in [0.2, 0.25) is 0 Å². The van der Waals surface area contributed by atoms with E-state index < -0.39 is 11.5 Å². The van der Waals surface area contributed by atoms with Crippen LogP contribution in [0.3, 0.4) is 0 Å². The molecule has 0 heterocycles. The highest BCUT2D eigenvalue weighted by Crippen LogP contribution is 2.34. The first-order valence-electron chi connectivity index (χ1n) is 6.24. The van der Waals surface area contributed by atoms with Gasteiger partial charge in [-0.2, -0.15) is 0 Å². The highest BCUT2D eigenvalue weighted by Gasteiger charge is 2.48. The zero-order valence-electron chi connectivity index (χ0n) is 11.0. The van der Waals surface area contributed by atoms with Gasteiger partial charge in [-0.3, -0.25) is 9.59 Å². The molecule has 2 rings (SSSR count). The Morgan fingerprint density at radius 3 is 2.47 bits per heavy atom. The van der Waals surface area contributed by atoms with E-state index in [-0.39, 0.29) is 12.5 Å². The van der Waals surface area contributed by atoms with Gasteiger partial charge in [0, 0.05) is 6.54 Å². The predicted octanol–water partition coefficient (Wildman–Crippen LogP) is 0.680. The zero-order valence-corrected chi connectivity index (χ0v) is 11.0. The third kappa shape index (κ3) is 3.32. The first-order valence-corrected chi connectivity index (χ1v) is 6.24. The molecule has 0 unspecified atom stereocenters.